The minimum Gasteiger partial charge on any atom is -0.493 e. The molecular weight excluding hydrogens is 515 g/mol. The number of aryl methyl sites for hydroxylation is 3. The third-order valence-corrected chi connectivity index (χ3v) is 8.35. The summed E-state index contributed by atoms with van der Waals surface area (Å²) in [5, 5.41) is 4.70. The molecule has 2 atom stereocenters. The van der Waals surface area contributed by atoms with Crippen molar-refractivity contribution in [3.8, 4) is 23.0 Å². The maximum Gasteiger partial charge on any atom is 0.286 e. The average molecular weight is 541 g/mol. The molecule has 2 aromatic heterocycles. The molecule has 0 bridgehead atoms. The third-order valence-electron chi connectivity index (χ3n) is 6.14. The van der Waals surface area contributed by atoms with Gasteiger partial charge < -0.3 is 13.7 Å². The Balaban J connectivity index is 1.28. The van der Waals surface area contributed by atoms with Crippen molar-refractivity contribution in [3.05, 3.63) is 63.9 Å². The number of benzene rings is 2. The van der Waals surface area contributed by atoms with Crippen LogP contribution < -0.4 is 14.6 Å². The van der Waals surface area contributed by atoms with Crippen LogP contribution in [0, 0.1) is 20.8 Å². The molecule has 1 fully saturated rings. The van der Waals surface area contributed by atoms with Crippen molar-refractivity contribution in [2.45, 2.75) is 38.9 Å². The van der Waals surface area contributed by atoms with E-state index in [1.807, 2.05) is 56.5 Å². The van der Waals surface area contributed by atoms with Crippen LogP contribution in [0.2, 0.25) is 0 Å². The van der Waals surface area contributed by atoms with Gasteiger partial charge in [-0.05, 0) is 73.5 Å². The van der Waals surface area contributed by atoms with Crippen LogP contribution >= 0.6 is 32.6 Å². The Labute approximate surface area is 219 Å². The molecule has 2 unspecified atom stereocenters. The highest BCUT2D eigenvalue weighted by molar-refractivity contribution is 8.15. The van der Waals surface area contributed by atoms with Crippen molar-refractivity contribution in [1.29, 1.82) is 0 Å². The molecule has 5 rings (SSSR count). The van der Waals surface area contributed by atoms with Gasteiger partial charge in [0.2, 0.25) is 11.8 Å². The SMILES string of the molecule is Cc1cc(-c2nc(CCOc3ccc(CC4SC(=O)NC4=O)c4sccc34)c(C)o2)cc(C)c1OP. The first-order valence-electron chi connectivity index (χ1n) is 11.4. The molecule has 0 saturated carbocycles. The first kappa shape index (κ1) is 24.8. The first-order valence-corrected chi connectivity index (χ1v) is 13.6. The fraction of sp³-hybridized carbons (Fsp3) is 0.269. The van der Waals surface area contributed by atoms with Gasteiger partial charge in [-0.25, -0.2) is 4.98 Å². The second kappa shape index (κ2) is 10.2. The number of thiophene rings is 1. The number of ether oxygens (including phenoxy) is 1. The van der Waals surface area contributed by atoms with Crippen molar-refractivity contribution in [3.63, 3.8) is 0 Å². The van der Waals surface area contributed by atoms with Crippen LogP contribution in [0.3, 0.4) is 0 Å². The zero-order valence-corrected chi connectivity index (χ0v) is 22.8. The summed E-state index contributed by atoms with van der Waals surface area (Å²) in [5.41, 5.74) is 4.84. The normalized spacial score (nSPS) is 15.5. The number of fused-ring (bicyclic) bond motifs is 1. The van der Waals surface area contributed by atoms with Gasteiger partial charge in [-0.3, -0.25) is 14.9 Å². The number of nitrogens with one attached hydrogen (secondary N) is 1. The van der Waals surface area contributed by atoms with E-state index in [0.717, 1.165) is 67.1 Å². The zero-order valence-electron chi connectivity index (χ0n) is 20.0. The molecule has 36 heavy (non-hydrogen) atoms. The highest BCUT2D eigenvalue weighted by Crippen LogP contribution is 2.36. The predicted octanol–water partition coefficient (Wildman–Crippen LogP) is 6.17. The zero-order chi connectivity index (χ0) is 25.4. The number of imide groups is 1. The summed E-state index contributed by atoms with van der Waals surface area (Å²) in [6.45, 7) is 6.36. The summed E-state index contributed by atoms with van der Waals surface area (Å²) in [4.78, 5) is 28.2. The van der Waals surface area contributed by atoms with Crippen LogP contribution in [0.15, 0.2) is 40.1 Å². The predicted molar refractivity (Wildman–Crippen MR) is 146 cm³/mol. The lowest BCUT2D eigenvalue weighted by molar-refractivity contribution is -0.118. The number of oxazole rings is 1. The van der Waals surface area contributed by atoms with E-state index in [-0.39, 0.29) is 11.1 Å². The highest BCUT2D eigenvalue weighted by atomic mass is 32.2. The molecule has 0 spiro atoms. The van der Waals surface area contributed by atoms with Crippen molar-refractivity contribution in [1.82, 2.24) is 10.3 Å². The highest BCUT2D eigenvalue weighted by Gasteiger charge is 2.32. The van der Waals surface area contributed by atoms with Gasteiger partial charge in [-0.15, -0.1) is 11.3 Å². The molecule has 0 aliphatic carbocycles. The van der Waals surface area contributed by atoms with Crippen LogP contribution in [-0.4, -0.2) is 28.0 Å². The number of hydrogen-bond donors (Lipinski definition) is 1. The second-order valence-electron chi connectivity index (χ2n) is 8.65. The first-order chi connectivity index (χ1) is 17.3. The Morgan fingerprint density at radius 3 is 2.61 bits per heavy atom. The minimum absolute atomic E-state index is 0.226. The van der Waals surface area contributed by atoms with Gasteiger partial charge in [0.15, 0.2) is 0 Å². The van der Waals surface area contributed by atoms with Crippen molar-refractivity contribution in [2.24, 2.45) is 0 Å². The summed E-state index contributed by atoms with van der Waals surface area (Å²) >= 11 is 2.66. The van der Waals surface area contributed by atoms with Crippen molar-refractivity contribution in [2.75, 3.05) is 6.61 Å². The summed E-state index contributed by atoms with van der Waals surface area (Å²) in [6, 6.07) is 9.97. The van der Waals surface area contributed by atoms with Crippen LogP contribution in [0.1, 0.15) is 28.1 Å². The van der Waals surface area contributed by atoms with Gasteiger partial charge >= 0.3 is 0 Å². The monoisotopic (exact) mass is 540 g/mol. The number of carbonyl (C=O) groups excluding carboxylic acids is 2. The van der Waals surface area contributed by atoms with E-state index in [4.69, 9.17) is 18.7 Å². The lowest BCUT2D eigenvalue weighted by Gasteiger charge is -2.11. The van der Waals surface area contributed by atoms with E-state index in [9.17, 15) is 9.59 Å². The summed E-state index contributed by atoms with van der Waals surface area (Å²) in [5.74, 6) is 2.76. The fourth-order valence-corrected chi connectivity index (χ4v) is 6.57. The Morgan fingerprint density at radius 1 is 1.14 bits per heavy atom. The standard InChI is InChI=1S/C26H25N2O5PS2/c1-13-10-17(11-14(2)22(13)33-34)25-27-19(15(3)32-25)6-8-31-20-5-4-16(23-18(20)7-9-35-23)12-21-24(29)28-26(30)36-21/h4-5,7,9-11,21H,6,8,12,34H2,1-3H3,(H,28,29,30). The molecule has 0 radical (unpaired) electrons. The van der Waals surface area contributed by atoms with Crippen LogP contribution in [-0.2, 0) is 17.6 Å². The smallest absolute Gasteiger partial charge is 0.286 e. The van der Waals surface area contributed by atoms with Gasteiger partial charge in [-0.1, -0.05) is 17.8 Å². The number of aromatic nitrogens is 1. The molecule has 2 amide bonds. The summed E-state index contributed by atoms with van der Waals surface area (Å²) < 4.78 is 18.6. The van der Waals surface area contributed by atoms with Crippen molar-refractivity contribution < 1.29 is 23.3 Å². The molecule has 2 aromatic carbocycles. The molecule has 1 N–H and O–H groups in total. The van der Waals surface area contributed by atoms with Gasteiger partial charge in [0.25, 0.3) is 5.24 Å². The maximum absolute atomic E-state index is 12.0. The lowest BCUT2D eigenvalue weighted by Crippen LogP contribution is -2.25. The molecule has 10 heteroatoms. The molecule has 186 valence electrons. The maximum atomic E-state index is 12.0. The Kier molecular flexibility index (Phi) is 7.06. The Hall–Kier alpha value is -2.87. The number of amides is 2. The molecule has 4 aromatic rings. The average Bonchev–Trinajstić information content (AvgIpc) is 3.54. The van der Waals surface area contributed by atoms with E-state index < -0.39 is 5.25 Å². The van der Waals surface area contributed by atoms with Gasteiger partial charge in [0.1, 0.15) is 17.3 Å². The topological polar surface area (TPSA) is 90.7 Å². The van der Waals surface area contributed by atoms with E-state index in [1.165, 1.54) is 0 Å². The van der Waals surface area contributed by atoms with E-state index in [0.29, 0.717) is 25.3 Å². The molecule has 1 saturated heterocycles. The number of carbonyl (C=O) groups is 2. The largest absolute Gasteiger partial charge is 0.493 e. The van der Waals surface area contributed by atoms with Crippen LogP contribution in [0.25, 0.3) is 21.5 Å². The Bertz CT molecular complexity index is 1460. The van der Waals surface area contributed by atoms with E-state index in [2.05, 4.69) is 14.8 Å². The van der Waals surface area contributed by atoms with E-state index in [1.54, 1.807) is 11.3 Å². The number of hydrogen-bond acceptors (Lipinski definition) is 8. The van der Waals surface area contributed by atoms with Gasteiger partial charge in [-0.2, -0.15) is 0 Å². The fourth-order valence-electron chi connectivity index (χ4n) is 4.41. The number of thioether (sulfide) groups is 1. The molecule has 7 nitrogen and oxygen atoms in total. The van der Waals surface area contributed by atoms with Crippen LogP contribution in [0.5, 0.6) is 11.5 Å². The van der Waals surface area contributed by atoms with Crippen LogP contribution in [0.4, 0.5) is 4.79 Å². The quantitative estimate of drug-likeness (QED) is 0.268. The van der Waals surface area contributed by atoms with Gasteiger partial charge in [0, 0.05) is 22.1 Å². The lowest BCUT2D eigenvalue weighted by atomic mass is 10.1. The summed E-state index contributed by atoms with van der Waals surface area (Å²) in [7, 11) is 2.29. The molecule has 1 aliphatic rings. The minimum atomic E-state index is -0.393. The summed E-state index contributed by atoms with van der Waals surface area (Å²) in [6.07, 6.45) is 1.11. The van der Waals surface area contributed by atoms with Crippen molar-refractivity contribution >= 4 is 53.8 Å². The molecule has 3 heterocycles. The number of nitrogens with zero attached hydrogens (tertiary/aromatic N) is 1. The second-order valence-corrected chi connectivity index (χ2v) is 11.0. The Morgan fingerprint density at radius 2 is 1.92 bits per heavy atom. The molecule has 1 aliphatic heterocycles. The van der Waals surface area contributed by atoms with Gasteiger partial charge in [0.05, 0.1) is 27.0 Å². The van der Waals surface area contributed by atoms with E-state index >= 15 is 0 Å². The third kappa shape index (κ3) is 4.88. The number of rotatable bonds is 8. The molecular formula is C26H25N2O5PS2.